The molecular weight excluding hydrogens is 224 g/mol. The summed E-state index contributed by atoms with van der Waals surface area (Å²) in [6.07, 6.45) is 2.95. The summed E-state index contributed by atoms with van der Waals surface area (Å²) in [5.41, 5.74) is 0.768. The predicted molar refractivity (Wildman–Crippen MR) is 67.0 cm³/mol. The van der Waals surface area contributed by atoms with Gasteiger partial charge in [0.2, 0.25) is 0 Å². The molecule has 1 unspecified atom stereocenters. The number of nitrogens with one attached hydrogen (secondary N) is 1. The van der Waals surface area contributed by atoms with Gasteiger partial charge in [0, 0.05) is 34.9 Å². The third kappa shape index (κ3) is 3.96. The van der Waals surface area contributed by atoms with Gasteiger partial charge in [0.1, 0.15) is 0 Å². The SMILES string of the molecule is CCCCn1[nH]c(CS(=O)CCC)cc1=O. The first-order valence-electron chi connectivity index (χ1n) is 5.81. The van der Waals surface area contributed by atoms with Gasteiger partial charge in [-0.3, -0.25) is 18.8 Å². The van der Waals surface area contributed by atoms with E-state index in [1.54, 1.807) is 10.7 Å². The van der Waals surface area contributed by atoms with Crippen LogP contribution < -0.4 is 5.56 Å². The molecule has 0 spiro atoms. The van der Waals surface area contributed by atoms with Crippen LogP contribution in [-0.4, -0.2) is 19.7 Å². The highest BCUT2D eigenvalue weighted by Crippen LogP contribution is 2.00. The van der Waals surface area contributed by atoms with Crippen molar-refractivity contribution >= 4 is 10.8 Å². The van der Waals surface area contributed by atoms with Crippen LogP contribution in [0, 0.1) is 0 Å². The average Bonchev–Trinajstić information content (AvgIpc) is 2.56. The van der Waals surface area contributed by atoms with Crippen LogP contribution in [0.25, 0.3) is 0 Å². The van der Waals surface area contributed by atoms with Crippen LogP contribution in [0.4, 0.5) is 0 Å². The van der Waals surface area contributed by atoms with Crippen molar-refractivity contribution in [1.82, 2.24) is 9.78 Å². The quantitative estimate of drug-likeness (QED) is 0.792. The summed E-state index contributed by atoms with van der Waals surface area (Å²) in [5, 5.41) is 3.02. The fourth-order valence-corrected chi connectivity index (χ4v) is 2.61. The van der Waals surface area contributed by atoms with E-state index < -0.39 is 10.8 Å². The summed E-state index contributed by atoms with van der Waals surface area (Å²) in [7, 11) is -0.855. The Morgan fingerprint density at radius 3 is 2.75 bits per heavy atom. The van der Waals surface area contributed by atoms with Crippen LogP contribution in [0.5, 0.6) is 0 Å². The molecule has 1 atom stereocenters. The molecular formula is C11H20N2O2S. The molecule has 0 saturated heterocycles. The third-order valence-electron chi connectivity index (χ3n) is 2.33. The molecule has 0 aliphatic rings. The maximum atomic E-state index is 11.5. The van der Waals surface area contributed by atoms with Crippen LogP contribution in [0.1, 0.15) is 38.8 Å². The molecule has 1 aromatic heterocycles. The van der Waals surface area contributed by atoms with E-state index in [1.165, 1.54) is 0 Å². The van der Waals surface area contributed by atoms with Crippen LogP contribution >= 0.6 is 0 Å². The number of unbranched alkanes of at least 4 members (excludes halogenated alkanes) is 1. The monoisotopic (exact) mass is 244 g/mol. The molecule has 0 aliphatic carbocycles. The standard InChI is InChI=1S/C11H20N2O2S/c1-3-5-6-13-11(14)8-10(12-13)9-16(15)7-4-2/h8,12H,3-7,9H2,1-2H3. The summed E-state index contributed by atoms with van der Waals surface area (Å²) in [6, 6.07) is 1.56. The molecule has 0 aliphatic heterocycles. The second-order valence-corrected chi connectivity index (χ2v) is 5.49. The van der Waals surface area contributed by atoms with E-state index in [0.717, 1.165) is 31.5 Å². The Morgan fingerprint density at radius 1 is 1.38 bits per heavy atom. The van der Waals surface area contributed by atoms with Gasteiger partial charge in [0.05, 0.1) is 5.75 Å². The van der Waals surface area contributed by atoms with E-state index >= 15 is 0 Å². The normalized spacial score (nSPS) is 12.9. The van der Waals surface area contributed by atoms with Gasteiger partial charge in [-0.05, 0) is 12.8 Å². The van der Waals surface area contributed by atoms with Crippen molar-refractivity contribution in [2.24, 2.45) is 0 Å². The van der Waals surface area contributed by atoms with Crippen molar-refractivity contribution in [3.8, 4) is 0 Å². The maximum absolute atomic E-state index is 11.5. The molecule has 0 radical (unpaired) electrons. The first-order valence-corrected chi connectivity index (χ1v) is 7.29. The van der Waals surface area contributed by atoms with E-state index in [9.17, 15) is 9.00 Å². The zero-order valence-corrected chi connectivity index (χ0v) is 10.8. The Kier molecular flexibility index (Phi) is 5.52. The minimum Gasteiger partial charge on any atom is -0.299 e. The van der Waals surface area contributed by atoms with E-state index in [1.807, 2.05) is 6.92 Å². The molecule has 0 amide bonds. The molecule has 16 heavy (non-hydrogen) atoms. The van der Waals surface area contributed by atoms with Crippen LogP contribution in [-0.2, 0) is 23.1 Å². The lowest BCUT2D eigenvalue weighted by Crippen LogP contribution is -2.15. The minimum atomic E-state index is -0.855. The lowest BCUT2D eigenvalue weighted by Gasteiger charge is -2.00. The van der Waals surface area contributed by atoms with Gasteiger partial charge < -0.3 is 0 Å². The van der Waals surface area contributed by atoms with Crippen molar-refractivity contribution in [1.29, 1.82) is 0 Å². The molecule has 1 aromatic rings. The van der Waals surface area contributed by atoms with Gasteiger partial charge in [-0.25, -0.2) is 0 Å². The Balaban J connectivity index is 2.62. The van der Waals surface area contributed by atoms with Crippen LogP contribution in [0.2, 0.25) is 0 Å². The molecule has 5 heteroatoms. The highest BCUT2D eigenvalue weighted by Gasteiger charge is 2.06. The van der Waals surface area contributed by atoms with E-state index in [-0.39, 0.29) is 5.56 Å². The molecule has 1 rings (SSSR count). The Labute approximate surface area is 98.5 Å². The number of nitrogens with zero attached hydrogens (tertiary/aromatic N) is 1. The fourth-order valence-electron chi connectivity index (χ4n) is 1.52. The van der Waals surface area contributed by atoms with Gasteiger partial charge in [-0.2, -0.15) is 0 Å². The molecule has 0 saturated carbocycles. The Morgan fingerprint density at radius 2 is 2.12 bits per heavy atom. The van der Waals surface area contributed by atoms with Crippen molar-refractivity contribution in [2.75, 3.05) is 5.75 Å². The summed E-state index contributed by atoms with van der Waals surface area (Å²) in [6.45, 7) is 4.81. The fraction of sp³-hybridized carbons (Fsp3) is 0.727. The second kappa shape index (κ2) is 6.68. The number of aromatic nitrogens is 2. The minimum absolute atomic E-state index is 0.0167. The van der Waals surface area contributed by atoms with Gasteiger partial charge in [0.25, 0.3) is 5.56 Å². The first kappa shape index (κ1) is 13.2. The Hall–Kier alpha value is -0.840. The van der Waals surface area contributed by atoms with Crippen molar-refractivity contribution in [3.63, 3.8) is 0 Å². The number of H-pyrrole nitrogens is 1. The molecule has 4 nitrogen and oxygen atoms in total. The van der Waals surface area contributed by atoms with Gasteiger partial charge in [0.15, 0.2) is 0 Å². The zero-order valence-electron chi connectivity index (χ0n) is 9.99. The zero-order chi connectivity index (χ0) is 12.0. The molecule has 1 N–H and O–H groups in total. The van der Waals surface area contributed by atoms with Crippen LogP contribution in [0.3, 0.4) is 0 Å². The van der Waals surface area contributed by atoms with E-state index in [2.05, 4.69) is 12.0 Å². The number of aryl methyl sites for hydroxylation is 1. The number of rotatable bonds is 7. The van der Waals surface area contributed by atoms with E-state index in [0.29, 0.717) is 11.5 Å². The number of hydrogen-bond acceptors (Lipinski definition) is 2. The summed E-state index contributed by atoms with van der Waals surface area (Å²) in [5.74, 6) is 1.16. The molecule has 0 bridgehead atoms. The van der Waals surface area contributed by atoms with Crippen molar-refractivity contribution < 1.29 is 4.21 Å². The van der Waals surface area contributed by atoms with Crippen molar-refractivity contribution in [3.05, 3.63) is 22.1 Å². The molecule has 92 valence electrons. The van der Waals surface area contributed by atoms with Gasteiger partial charge in [-0.1, -0.05) is 20.3 Å². The molecule has 0 fully saturated rings. The lowest BCUT2D eigenvalue weighted by atomic mass is 10.3. The Bertz CT molecular complexity index is 395. The smallest absolute Gasteiger partial charge is 0.266 e. The first-order chi connectivity index (χ1) is 7.67. The summed E-state index contributed by atoms with van der Waals surface area (Å²) in [4.78, 5) is 11.5. The highest BCUT2D eigenvalue weighted by molar-refractivity contribution is 7.84. The maximum Gasteiger partial charge on any atom is 0.266 e. The molecule has 0 aromatic carbocycles. The predicted octanol–water partition coefficient (Wildman–Crippen LogP) is 1.64. The van der Waals surface area contributed by atoms with Crippen molar-refractivity contribution in [2.45, 2.75) is 45.4 Å². The molecule has 1 heterocycles. The largest absolute Gasteiger partial charge is 0.299 e. The third-order valence-corrected chi connectivity index (χ3v) is 3.82. The lowest BCUT2D eigenvalue weighted by molar-refractivity contribution is 0.553. The average molecular weight is 244 g/mol. The van der Waals surface area contributed by atoms with Gasteiger partial charge in [-0.15, -0.1) is 0 Å². The van der Waals surface area contributed by atoms with Crippen LogP contribution in [0.15, 0.2) is 10.9 Å². The highest BCUT2D eigenvalue weighted by atomic mass is 32.2. The summed E-state index contributed by atoms with van der Waals surface area (Å²) >= 11 is 0. The summed E-state index contributed by atoms with van der Waals surface area (Å²) < 4.78 is 13.1. The van der Waals surface area contributed by atoms with E-state index in [4.69, 9.17) is 0 Å². The van der Waals surface area contributed by atoms with Gasteiger partial charge >= 0.3 is 0 Å². The second-order valence-electron chi connectivity index (χ2n) is 3.91. The number of aromatic amines is 1. The topological polar surface area (TPSA) is 54.9 Å². The number of hydrogen-bond donors (Lipinski definition) is 1.